The van der Waals surface area contributed by atoms with E-state index < -0.39 is 12.0 Å². The molecule has 0 bridgehead atoms. The molecule has 1 amide bonds. The molecule has 2 unspecified atom stereocenters. The molecule has 5 heteroatoms. The van der Waals surface area contributed by atoms with Crippen LogP contribution in [0.4, 0.5) is 0 Å². The van der Waals surface area contributed by atoms with Gasteiger partial charge >= 0.3 is 5.97 Å². The van der Waals surface area contributed by atoms with E-state index in [1.54, 1.807) is 23.9 Å². The fraction of sp³-hybridized carbons (Fsp3) is 0.429. The molecule has 0 saturated heterocycles. The van der Waals surface area contributed by atoms with Crippen molar-refractivity contribution in [2.45, 2.75) is 31.2 Å². The lowest BCUT2D eigenvalue weighted by molar-refractivity contribution is -0.140. The second kappa shape index (κ2) is 7.19. The third-order valence-corrected chi connectivity index (χ3v) is 3.86. The van der Waals surface area contributed by atoms with Crippen LogP contribution in [0.5, 0.6) is 0 Å². The van der Waals surface area contributed by atoms with Crippen LogP contribution in [0.15, 0.2) is 29.2 Å². The highest BCUT2D eigenvalue weighted by molar-refractivity contribution is 7.98. The summed E-state index contributed by atoms with van der Waals surface area (Å²) in [5.74, 6) is -1.45. The molecule has 2 atom stereocenters. The fourth-order valence-electron chi connectivity index (χ4n) is 1.65. The van der Waals surface area contributed by atoms with Crippen molar-refractivity contribution < 1.29 is 14.7 Å². The van der Waals surface area contributed by atoms with Crippen molar-refractivity contribution in [3.8, 4) is 0 Å². The highest BCUT2D eigenvalue weighted by atomic mass is 32.2. The Kier molecular flexibility index (Phi) is 5.89. The zero-order chi connectivity index (χ0) is 14.4. The summed E-state index contributed by atoms with van der Waals surface area (Å²) < 4.78 is 0. The summed E-state index contributed by atoms with van der Waals surface area (Å²) in [6.45, 7) is 3.72. The van der Waals surface area contributed by atoms with E-state index in [1.807, 2.05) is 32.2 Å². The van der Waals surface area contributed by atoms with Gasteiger partial charge in [0.05, 0.1) is 0 Å². The third kappa shape index (κ3) is 4.28. The molecule has 4 nitrogen and oxygen atoms in total. The minimum Gasteiger partial charge on any atom is -0.480 e. The summed E-state index contributed by atoms with van der Waals surface area (Å²) in [7, 11) is 0. The molecular weight excluding hydrogens is 262 g/mol. The number of amides is 1. The van der Waals surface area contributed by atoms with Crippen molar-refractivity contribution in [2.75, 3.05) is 6.26 Å². The van der Waals surface area contributed by atoms with Gasteiger partial charge in [-0.15, -0.1) is 11.8 Å². The topological polar surface area (TPSA) is 66.4 Å². The lowest BCUT2D eigenvalue weighted by Gasteiger charge is -2.20. The van der Waals surface area contributed by atoms with Crippen LogP contribution >= 0.6 is 11.8 Å². The highest BCUT2D eigenvalue weighted by Gasteiger charge is 2.25. The van der Waals surface area contributed by atoms with Crippen LogP contribution < -0.4 is 5.32 Å². The van der Waals surface area contributed by atoms with Gasteiger partial charge in [0.2, 0.25) is 0 Å². The summed E-state index contributed by atoms with van der Waals surface area (Å²) in [5.41, 5.74) is 0.479. The molecule has 2 N–H and O–H groups in total. The second-order valence-electron chi connectivity index (χ2n) is 4.40. The van der Waals surface area contributed by atoms with E-state index in [0.29, 0.717) is 12.0 Å². The number of carboxylic acid groups (broad SMARTS) is 1. The van der Waals surface area contributed by atoms with E-state index in [9.17, 15) is 9.59 Å². The van der Waals surface area contributed by atoms with Gasteiger partial charge < -0.3 is 10.4 Å². The van der Waals surface area contributed by atoms with Gasteiger partial charge in [-0.05, 0) is 36.4 Å². The molecule has 0 spiro atoms. The lowest BCUT2D eigenvalue weighted by atomic mass is 9.99. The van der Waals surface area contributed by atoms with Crippen molar-refractivity contribution in [2.24, 2.45) is 5.92 Å². The fourth-order valence-corrected chi connectivity index (χ4v) is 2.06. The number of carbonyl (C=O) groups excluding carboxylic acids is 1. The maximum Gasteiger partial charge on any atom is 0.326 e. The first-order chi connectivity index (χ1) is 8.99. The maximum absolute atomic E-state index is 12.0. The van der Waals surface area contributed by atoms with E-state index in [2.05, 4.69) is 5.32 Å². The number of rotatable bonds is 6. The van der Waals surface area contributed by atoms with Crippen molar-refractivity contribution in [1.29, 1.82) is 0 Å². The van der Waals surface area contributed by atoms with Crippen LogP contribution in [0.3, 0.4) is 0 Å². The molecule has 0 heterocycles. The molecular formula is C14H19NO3S. The minimum atomic E-state index is -0.997. The summed E-state index contributed by atoms with van der Waals surface area (Å²) in [6, 6.07) is 6.25. The summed E-state index contributed by atoms with van der Waals surface area (Å²) >= 11 is 1.59. The van der Waals surface area contributed by atoms with Crippen LogP contribution in [0.1, 0.15) is 30.6 Å². The SMILES string of the molecule is CCC(C)C(NC(=O)c1ccc(SC)cc1)C(=O)O. The first-order valence-corrected chi connectivity index (χ1v) is 7.39. The number of benzene rings is 1. The Morgan fingerprint density at radius 2 is 1.89 bits per heavy atom. The van der Waals surface area contributed by atoms with E-state index >= 15 is 0 Å². The lowest BCUT2D eigenvalue weighted by Crippen LogP contribution is -2.45. The minimum absolute atomic E-state index is 0.105. The zero-order valence-electron chi connectivity index (χ0n) is 11.3. The number of carbonyl (C=O) groups is 2. The van der Waals surface area contributed by atoms with Crippen molar-refractivity contribution >= 4 is 23.6 Å². The average Bonchev–Trinajstić information content (AvgIpc) is 2.43. The average molecular weight is 281 g/mol. The van der Waals surface area contributed by atoms with Crippen LogP contribution in [0.25, 0.3) is 0 Å². The van der Waals surface area contributed by atoms with E-state index in [-0.39, 0.29) is 11.8 Å². The van der Waals surface area contributed by atoms with Crippen molar-refractivity contribution in [3.05, 3.63) is 29.8 Å². The molecule has 0 aliphatic rings. The maximum atomic E-state index is 12.0. The van der Waals surface area contributed by atoms with E-state index in [1.165, 1.54) is 0 Å². The first-order valence-electron chi connectivity index (χ1n) is 6.17. The van der Waals surface area contributed by atoms with Crippen LogP contribution in [0.2, 0.25) is 0 Å². The first kappa shape index (κ1) is 15.6. The molecule has 0 aliphatic heterocycles. The molecule has 1 rings (SSSR count). The van der Waals surface area contributed by atoms with Gasteiger partial charge in [-0.3, -0.25) is 4.79 Å². The van der Waals surface area contributed by atoms with Crippen molar-refractivity contribution in [1.82, 2.24) is 5.32 Å². The third-order valence-electron chi connectivity index (χ3n) is 3.12. The molecule has 1 aromatic rings. The number of hydrogen-bond donors (Lipinski definition) is 2. The molecule has 0 aliphatic carbocycles. The van der Waals surface area contributed by atoms with Crippen molar-refractivity contribution in [3.63, 3.8) is 0 Å². The number of carboxylic acids is 1. The van der Waals surface area contributed by atoms with Gasteiger partial charge in [-0.1, -0.05) is 20.3 Å². The predicted molar refractivity (Wildman–Crippen MR) is 76.6 cm³/mol. The predicted octanol–water partition coefficient (Wildman–Crippen LogP) is 2.64. The molecule has 0 fully saturated rings. The van der Waals surface area contributed by atoms with Gasteiger partial charge in [0.1, 0.15) is 6.04 Å². The Morgan fingerprint density at radius 1 is 1.32 bits per heavy atom. The van der Waals surface area contributed by atoms with E-state index in [4.69, 9.17) is 5.11 Å². The van der Waals surface area contributed by atoms with Crippen LogP contribution in [-0.2, 0) is 4.79 Å². The van der Waals surface area contributed by atoms with Crippen LogP contribution in [0, 0.1) is 5.92 Å². The summed E-state index contributed by atoms with van der Waals surface area (Å²) in [6.07, 6.45) is 2.65. The Bertz CT molecular complexity index is 445. The Labute approximate surface area is 117 Å². The highest BCUT2D eigenvalue weighted by Crippen LogP contribution is 2.15. The Balaban J connectivity index is 2.78. The Morgan fingerprint density at radius 3 is 2.32 bits per heavy atom. The number of hydrogen-bond acceptors (Lipinski definition) is 3. The molecule has 1 aromatic carbocycles. The molecule has 104 valence electrons. The van der Waals surface area contributed by atoms with Gasteiger partial charge in [0.15, 0.2) is 0 Å². The monoisotopic (exact) mass is 281 g/mol. The quantitative estimate of drug-likeness (QED) is 0.787. The molecule has 0 saturated carbocycles. The second-order valence-corrected chi connectivity index (χ2v) is 5.28. The van der Waals surface area contributed by atoms with Gasteiger partial charge in [0.25, 0.3) is 5.91 Å². The normalized spacial score (nSPS) is 13.6. The molecule has 19 heavy (non-hydrogen) atoms. The summed E-state index contributed by atoms with van der Waals surface area (Å²) in [5, 5.41) is 11.7. The van der Waals surface area contributed by atoms with Gasteiger partial charge in [-0.2, -0.15) is 0 Å². The molecule has 0 aromatic heterocycles. The zero-order valence-corrected chi connectivity index (χ0v) is 12.2. The Hall–Kier alpha value is -1.49. The van der Waals surface area contributed by atoms with Gasteiger partial charge in [0, 0.05) is 10.5 Å². The van der Waals surface area contributed by atoms with Gasteiger partial charge in [-0.25, -0.2) is 4.79 Å². The smallest absolute Gasteiger partial charge is 0.326 e. The standard InChI is InChI=1S/C14H19NO3S/c1-4-9(2)12(14(17)18)15-13(16)10-5-7-11(19-3)8-6-10/h5-9,12H,4H2,1-3H3,(H,15,16)(H,17,18). The van der Waals surface area contributed by atoms with E-state index in [0.717, 1.165) is 4.90 Å². The number of thioether (sulfide) groups is 1. The van der Waals surface area contributed by atoms with Crippen LogP contribution in [-0.4, -0.2) is 29.3 Å². The number of aliphatic carboxylic acids is 1. The number of nitrogens with one attached hydrogen (secondary N) is 1. The summed E-state index contributed by atoms with van der Waals surface area (Å²) in [4.78, 5) is 24.2. The molecule has 0 radical (unpaired) electrons. The largest absolute Gasteiger partial charge is 0.480 e.